The second kappa shape index (κ2) is 8.39. The molecule has 0 fully saturated rings. The van der Waals surface area contributed by atoms with Gasteiger partial charge in [-0.3, -0.25) is 0 Å². The topological polar surface area (TPSA) is 106 Å². The number of hydrogen-bond donors (Lipinski definition) is 2. The molecule has 2 heterocycles. The quantitative estimate of drug-likeness (QED) is 0.448. The van der Waals surface area contributed by atoms with E-state index < -0.39 is 5.82 Å². The van der Waals surface area contributed by atoms with Crippen LogP contribution < -0.4 is 24.3 Å². The highest BCUT2D eigenvalue weighted by Gasteiger charge is 2.21. The summed E-state index contributed by atoms with van der Waals surface area (Å²) in [5, 5.41) is 17.0. The van der Waals surface area contributed by atoms with Gasteiger partial charge in [-0.15, -0.1) is 0 Å². The number of methoxy groups -OCH3 is 4. The van der Waals surface area contributed by atoms with Gasteiger partial charge in [-0.2, -0.15) is 14.9 Å². The Morgan fingerprint density at radius 1 is 1.00 bits per heavy atom. The van der Waals surface area contributed by atoms with Crippen LogP contribution in [0.4, 0.5) is 15.9 Å². The number of fused-ring (bicyclic) bond motifs is 1. The summed E-state index contributed by atoms with van der Waals surface area (Å²) >= 11 is 0. The number of hydrogen-bond acceptors (Lipinski definition) is 7. The smallest absolute Gasteiger partial charge is 0.203 e. The Morgan fingerprint density at radius 2 is 1.69 bits per heavy atom. The number of benzene rings is 2. The van der Waals surface area contributed by atoms with Crippen molar-refractivity contribution in [1.29, 1.82) is 5.26 Å². The molecule has 0 unspecified atom stereocenters. The first-order valence-corrected chi connectivity index (χ1v) is 9.45. The number of anilines is 2. The van der Waals surface area contributed by atoms with Crippen molar-refractivity contribution in [3.05, 3.63) is 47.9 Å². The van der Waals surface area contributed by atoms with Crippen molar-refractivity contribution >= 4 is 17.2 Å². The molecule has 4 rings (SSSR count). The summed E-state index contributed by atoms with van der Waals surface area (Å²) in [5.41, 5.74) is 2.71. The standard InChI is InChI=1S/C22H20FN5O4/c1-29-16-9-14(5-6-15(16)23)26-22-19(27-21-13(10-24)11-25-28(21)22)12-7-17(30-2)20(32-4)18(8-12)31-3/h5-9,11,26-27H,1-4H3. The summed E-state index contributed by atoms with van der Waals surface area (Å²) in [6, 6.07) is 10.1. The highest BCUT2D eigenvalue weighted by Crippen LogP contribution is 2.43. The summed E-state index contributed by atoms with van der Waals surface area (Å²) in [5.74, 6) is 1.50. The molecule has 4 aromatic rings. The fourth-order valence-electron chi connectivity index (χ4n) is 3.43. The summed E-state index contributed by atoms with van der Waals surface area (Å²) in [6.07, 6.45) is 1.46. The molecule has 0 amide bonds. The molecule has 0 aliphatic rings. The number of nitrogens with one attached hydrogen (secondary N) is 2. The third kappa shape index (κ3) is 3.39. The minimum absolute atomic E-state index is 0.0919. The first-order valence-electron chi connectivity index (χ1n) is 9.45. The highest BCUT2D eigenvalue weighted by atomic mass is 19.1. The van der Waals surface area contributed by atoms with Crippen LogP contribution in [0.15, 0.2) is 36.5 Å². The number of halogens is 1. The van der Waals surface area contributed by atoms with Gasteiger partial charge in [0.2, 0.25) is 5.75 Å². The molecule has 10 heteroatoms. The molecule has 2 aromatic carbocycles. The number of rotatable bonds is 7. The molecule has 0 aliphatic heterocycles. The van der Waals surface area contributed by atoms with Crippen LogP contribution in [0.25, 0.3) is 16.9 Å². The predicted molar refractivity (Wildman–Crippen MR) is 116 cm³/mol. The van der Waals surface area contributed by atoms with Crippen LogP contribution in [-0.4, -0.2) is 43.0 Å². The molecule has 2 aromatic heterocycles. The maximum absolute atomic E-state index is 13.9. The third-order valence-corrected chi connectivity index (χ3v) is 4.95. The van der Waals surface area contributed by atoms with Gasteiger partial charge < -0.3 is 29.2 Å². The van der Waals surface area contributed by atoms with Crippen molar-refractivity contribution < 1.29 is 23.3 Å². The zero-order valence-electron chi connectivity index (χ0n) is 17.8. The lowest BCUT2D eigenvalue weighted by molar-refractivity contribution is 0.324. The fourth-order valence-corrected chi connectivity index (χ4v) is 3.43. The lowest BCUT2D eigenvalue weighted by Crippen LogP contribution is -2.00. The molecule has 0 saturated carbocycles. The van der Waals surface area contributed by atoms with Gasteiger partial charge in [-0.05, 0) is 24.3 Å². The van der Waals surface area contributed by atoms with Crippen LogP contribution in [0.5, 0.6) is 23.0 Å². The van der Waals surface area contributed by atoms with Gasteiger partial charge in [0.15, 0.2) is 34.5 Å². The van der Waals surface area contributed by atoms with Gasteiger partial charge in [0.1, 0.15) is 11.6 Å². The van der Waals surface area contributed by atoms with Crippen LogP contribution in [-0.2, 0) is 0 Å². The van der Waals surface area contributed by atoms with Gasteiger partial charge in [0, 0.05) is 17.3 Å². The molecule has 2 N–H and O–H groups in total. The number of ether oxygens (including phenoxy) is 4. The van der Waals surface area contributed by atoms with Crippen LogP contribution >= 0.6 is 0 Å². The van der Waals surface area contributed by atoms with E-state index in [-0.39, 0.29) is 5.75 Å². The molecule has 0 radical (unpaired) electrons. The van der Waals surface area contributed by atoms with Crippen molar-refractivity contribution in [3.63, 3.8) is 0 Å². The number of nitrogens with zero attached hydrogens (tertiary/aromatic N) is 3. The summed E-state index contributed by atoms with van der Waals surface area (Å²) in [6.45, 7) is 0. The van der Waals surface area contributed by atoms with Crippen molar-refractivity contribution in [1.82, 2.24) is 14.6 Å². The van der Waals surface area contributed by atoms with E-state index in [4.69, 9.17) is 18.9 Å². The Hall–Kier alpha value is -4.39. The average molecular weight is 437 g/mol. The lowest BCUT2D eigenvalue weighted by atomic mass is 10.1. The van der Waals surface area contributed by atoms with Gasteiger partial charge >= 0.3 is 0 Å². The van der Waals surface area contributed by atoms with Crippen molar-refractivity contribution in [3.8, 4) is 40.3 Å². The number of H-pyrrole nitrogens is 1. The Labute approximate surface area is 182 Å². The number of aromatic amines is 1. The van der Waals surface area contributed by atoms with E-state index in [1.807, 2.05) is 0 Å². The molecular weight excluding hydrogens is 417 g/mol. The lowest BCUT2D eigenvalue weighted by Gasteiger charge is -2.15. The molecule has 0 saturated heterocycles. The Balaban J connectivity index is 1.93. The van der Waals surface area contributed by atoms with E-state index in [0.717, 1.165) is 0 Å². The predicted octanol–water partition coefficient (Wildman–Crippen LogP) is 4.12. The minimum Gasteiger partial charge on any atom is -0.494 e. The largest absolute Gasteiger partial charge is 0.494 e. The Kier molecular flexibility index (Phi) is 5.47. The summed E-state index contributed by atoms with van der Waals surface area (Å²) < 4.78 is 36.9. The Morgan fingerprint density at radius 3 is 2.28 bits per heavy atom. The average Bonchev–Trinajstić information content (AvgIpc) is 3.38. The fraction of sp³-hybridized carbons (Fsp3) is 0.182. The summed E-state index contributed by atoms with van der Waals surface area (Å²) in [7, 11) is 5.97. The van der Waals surface area contributed by atoms with Crippen molar-refractivity contribution in [2.75, 3.05) is 33.8 Å². The van der Waals surface area contributed by atoms with Gasteiger partial charge in [0.05, 0.1) is 40.3 Å². The van der Waals surface area contributed by atoms with E-state index in [9.17, 15) is 9.65 Å². The molecule has 9 nitrogen and oxygen atoms in total. The third-order valence-electron chi connectivity index (χ3n) is 4.95. The maximum atomic E-state index is 13.9. The zero-order valence-corrected chi connectivity index (χ0v) is 17.8. The van der Waals surface area contributed by atoms with Crippen LogP contribution in [0, 0.1) is 17.1 Å². The van der Waals surface area contributed by atoms with E-state index in [0.29, 0.717) is 51.2 Å². The first-order chi connectivity index (χ1) is 15.5. The molecular formula is C22H20FN5O4. The second-order valence-electron chi connectivity index (χ2n) is 6.67. The summed E-state index contributed by atoms with van der Waals surface area (Å²) in [4.78, 5) is 3.24. The van der Waals surface area contributed by atoms with E-state index in [1.165, 1.54) is 46.8 Å². The van der Waals surface area contributed by atoms with Crippen LogP contribution in [0.2, 0.25) is 0 Å². The van der Waals surface area contributed by atoms with E-state index in [2.05, 4.69) is 21.5 Å². The highest BCUT2D eigenvalue weighted by molar-refractivity contribution is 5.83. The Bertz CT molecular complexity index is 1310. The first kappa shape index (κ1) is 20.9. The van der Waals surface area contributed by atoms with E-state index in [1.54, 1.807) is 22.7 Å². The maximum Gasteiger partial charge on any atom is 0.203 e. The minimum atomic E-state index is -0.479. The van der Waals surface area contributed by atoms with Crippen molar-refractivity contribution in [2.45, 2.75) is 0 Å². The van der Waals surface area contributed by atoms with Crippen molar-refractivity contribution in [2.24, 2.45) is 0 Å². The molecule has 32 heavy (non-hydrogen) atoms. The molecule has 0 spiro atoms. The monoisotopic (exact) mass is 437 g/mol. The SMILES string of the molecule is COc1cc(Nc2c(-c3cc(OC)c(OC)c(OC)c3)[nH]c3c(C#N)cnn23)ccc1F. The number of nitriles is 1. The number of imidazole rings is 1. The molecule has 0 bridgehead atoms. The van der Waals surface area contributed by atoms with E-state index >= 15 is 0 Å². The molecule has 0 aliphatic carbocycles. The van der Waals surface area contributed by atoms with Gasteiger partial charge in [-0.25, -0.2) is 4.39 Å². The number of aromatic nitrogens is 3. The van der Waals surface area contributed by atoms with Gasteiger partial charge in [-0.1, -0.05) is 0 Å². The van der Waals surface area contributed by atoms with Crippen LogP contribution in [0.3, 0.4) is 0 Å². The molecule has 164 valence electrons. The normalized spacial score (nSPS) is 10.6. The van der Waals surface area contributed by atoms with Gasteiger partial charge in [0.25, 0.3) is 0 Å². The van der Waals surface area contributed by atoms with Crippen LogP contribution in [0.1, 0.15) is 5.56 Å². The molecule has 0 atom stereocenters. The zero-order chi connectivity index (χ0) is 22.8. The second-order valence-corrected chi connectivity index (χ2v) is 6.67.